The van der Waals surface area contributed by atoms with E-state index in [9.17, 15) is 9.59 Å². The average Bonchev–Trinajstić information content (AvgIpc) is 2.29. The van der Waals surface area contributed by atoms with E-state index in [0.717, 1.165) is 6.42 Å². The van der Waals surface area contributed by atoms with Crippen LogP contribution in [0, 0.1) is 5.92 Å². The van der Waals surface area contributed by atoms with Gasteiger partial charge in [0.15, 0.2) is 0 Å². The number of piperidine rings is 1. The van der Waals surface area contributed by atoms with Gasteiger partial charge in [0.1, 0.15) is 0 Å². The minimum absolute atomic E-state index is 0.0126. The summed E-state index contributed by atoms with van der Waals surface area (Å²) >= 11 is 0. The molecule has 1 unspecified atom stereocenters. The van der Waals surface area contributed by atoms with Gasteiger partial charge in [-0.2, -0.15) is 0 Å². The summed E-state index contributed by atoms with van der Waals surface area (Å²) in [6.45, 7) is 5.03. The zero-order valence-electron chi connectivity index (χ0n) is 9.33. The second-order valence-corrected chi connectivity index (χ2v) is 3.72. The molecule has 1 aliphatic heterocycles. The van der Waals surface area contributed by atoms with Gasteiger partial charge in [0.25, 0.3) is 0 Å². The summed E-state index contributed by atoms with van der Waals surface area (Å²) in [6.07, 6.45) is 3.23. The van der Waals surface area contributed by atoms with Gasteiger partial charge in [-0.3, -0.25) is 9.59 Å². The van der Waals surface area contributed by atoms with Crippen LogP contribution in [-0.4, -0.2) is 31.5 Å². The highest BCUT2D eigenvalue weighted by Gasteiger charge is 2.23. The Bertz CT molecular complexity index is 256. The molecular weight excluding hydrogens is 208 g/mol. The Kier molecular flexibility index (Phi) is 5.39. The summed E-state index contributed by atoms with van der Waals surface area (Å²) in [5.41, 5.74) is 0. The molecule has 0 aromatic carbocycles. The van der Waals surface area contributed by atoms with Crippen molar-refractivity contribution in [1.29, 1.82) is 0 Å². The van der Waals surface area contributed by atoms with Crippen molar-refractivity contribution in [3.05, 3.63) is 12.8 Å². The van der Waals surface area contributed by atoms with Crippen LogP contribution in [0.15, 0.2) is 12.8 Å². The van der Waals surface area contributed by atoms with E-state index in [1.807, 2.05) is 0 Å². The van der Waals surface area contributed by atoms with Crippen LogP contribution in [0.1, 0.15) is 19.3 Å². The number of amides is 2. The number of hydrogen-bond acceptors (Lipinski definition) is 3. The van der Waals surface area contributed by atoms with E-state index in [0.29, 0.717) is 32.5 Å². The Morgan fingerprint density at radius 1 is 1.69 bits per heavy atom. The Morgan fingerprint density at radius 2 is 2.50 bits per heavy atom. The summed E-state index contributed by atoms with van der Waals surface area (Å²) < 4.78 is 4.93. The highest BCUT2D eigenvalue weighted by atomic mass is 16.5. The molecule has 2 amide bonds. The Balaban J connectivity index is 2.10. The van der Waals surface area contributed by atoms with Crippen molar-refractivity contribution in [2.75, 3.05) is 19.7 Å². The van der Waals surface area contributed by atoms with Crippen LogP contribution in [0.5, 0.6) is 0 Å². The molecule has 0 aromatic heterocycles. The van der Waals surface area contributed by atoms with Crippen LogP contribution >= 0.6 is 0 Å². The molecule has 1 fully saturated rings. The maximum atomic E-state index is 11.6. The summed E-state index contributed by atoms with van der Waals surface area (Å²) in [4.78, 5) is 22.5. The Labute approximate surface area is 95.2 Å². The topological polar surface area (TPSA) is 67.4 Å². The van der Waals surface area contributed by atoms with Gasteiger partial charge in [-0.25, -0.2) is 0 Å². The second-order valence-electron chi connectivity index (χ2n) is 3.72. The third-order valence-corrected chi connectivity index (χ3v) is 2.49. The molecule has 1 rings (SSSR count). The summed E-state index contributed by atoms with van der Waals surface area (Å²) in [6, 6.07) is 0. The number of rotatable bonds is 6. The molecule has 0 aromatic rings. The molecule has 0 saturated carbocycles. The second kappa shape index (κ2) is 6.87. The first-order valence-corrected chi connectivity index (χ1v) is 5.51. The van der Waals surface area contributed by atoms with Gasteiger partial charge < -0.3 is 15.4 Å². The third-order valence-electron chi connectivity index (χ3n) is 2.49. The Morgan fingerprint density at radius 3 is 3.12 bits per heavy atom. The summed E-state index contributed by atoms with van der Waals surface area (Å²) in [5, 5.41) is 5.51. The fraction of sp³-hybridized carbons (Fsp3) is 0.636. The van der Waals surface area contributed by atoms with E-state index in [2.05, 4.69) is 17.2 Å². The van der Waals surface area contributed by atoms with Gasteiger partial charge in [-0.05, 0) is 12.8 Å². The minimum Gasteiger partial charge on any atom is -0.502 e. The lowest BCUT2D eigenvalue weighted by Gasteiger charge is -2.21. The minimum atomic E-state index is -0.0852. The molecule has 0 bridgehead atoms. The molecule has 0 radical (unpaired) electrons. The maximum Gasteiger partial charge on any atom is 0.224 e. The van der Waals surface area contributed by atoms with Crippen LogP contribution in [0.25, 0.3) is 0 Å². The van der Waals surface area contributed by atoms with Gasteiger partial charge >= 0.3 is 0 Å². The van der Waals surface area contributed by atoms with Crippen LogP contribution < -0.4 is 10.6 Å². The largest absolute Gasteiger partial charge is 0.502 e. The van der Waals surface area contributed by atoms with E-state index in [4.69, 9.17) is 4.74 Å². The van der Waals surface area contributed by atoms with Gasteiger partial charge in [0.05, 0.1) is 18.8 Å². The number of nitrogens with one attached hydrogen (secondary N) is 2. The van der Waals surface area contributed by atoms with Gasteiger partial charge in [0, 0.05) is 19.5 Å². The quantitative estimate of drug-likeness (QED) is 0.501. The number of hydrogen-bond donors (Lipinski definition) is 2. The molecule has 1 aliphatic rings. The lowest BCUT2D eigenvalue weighted by atomic mass is 9.98. The van der Waals surface area contributed by atoms with Crippen molar-refractivity contribution in [2.24, 2.45) is 5.92 Å². The Hall–Kier alpha value is -1.52. The van der Waals surface area contributed by atoms with E-state index < -0.39 is 0 Å². The van der Waals surface area contributed by atoms with E-state index >= 15 is 0 Å². The fourth-order valence-corrected chi connectivity index (χ4v) is 1.55. The maximum absolute atomic E-state index is 11.6. The summed E-state index contributed by atoms with van der Waals surface area (Å²) in [7, 11) is 0. The van der Waals surface area contributed by atoms with Gasteiger partial charge in [-0.1, -0.05) is 6.58 Å². The molecule has 1 saturated heterocycles. The molecule has 1 atom stereocenters. The first-order valence-electron chi connectivity index (χ1n) is 5.51. The standard InChI is InChI=1S/C11H18N2O3/c1-2-16-7-3-6-12-11(15)9-4-5-10(14)13-8-9/h2,9H,1,3-8H2,(H,12,15)(H,13,14). The summed E-state index contributed by atoms with van der Waals surface area (Å²) in [5.74, 6) is -0.0416. The zero-order chi connectivity index (χ0) is 11.8. The van der Waals surface area contributed by atoms with Crippen molar-refractivity contribution >= 4 is 11.8 Å². The van der Waals surface area contributed by atoms with Crippen molar-refractivity contribution in [1.82, 2.24) is 10.6 Å². The molecule has 5 nitrogen and oxygen atoms in total. The van der Waals surface area contributed by atoms with Crippen LogP contribution in [0.3, 0.4) is 0 Å². The van der Waals surface area contributed by atoms with Crippen molar-refractivity contribution in [3.63, 3.8) is 0 Å². The smallest absolute Gasteiger partial charge is 0.224 e. The van der Waals surface area contributed by atoms with E-state index in [-0.39, 0.29) is 17.7 Å². The van der Waals surface area contributed by atoms with Crippen molar-refractivity contribution in [2.45, 2.75) is 19.3 Å². The lowest BCUT2D eigenvalue weighted by molar-refractivity contribution is -0.128. The molecule has 5 heteroatoms. The first-order chi connectivity index (χ1) is 7.74. The third kappa shape index (κ3) is 4.33. The number of carbonyl (C=O) groups excluding carboxylic acids is 2. The van der Waals surface area contributed by atoms with Gasteiger partial charge in [0.2, 0.25) is 11.8 Å². The van der Waals surface area contributed by atoms with Crippen LogP contribution in [0.2, 0.25) is 0 Å². The molecule has 90 valence electrons. The monoisotopic (exact) mass is 226 g/mol. The molecule has 1 heterocycles. The van der Waals surface area contributed by atoms with Crippen LogP contribution in [0.4, 0.5) is 0 Å². The molecular formula is C11H18N2O3. The highest BCUT2D eigenvalue weighted by Crippen LogP contribution is 2.10. The van der Waals surface area contributed by atoms with E-state index in [1.165, 1.54) is 6.26 Å². The number of carbonyl (C=O) groups is 2. The predicted molar refractivity (Wildman–Crippen MR) is 59.5 cm³/mol. The normalized spacial score (nSPS) is 19.8. The lowest BCUT2D eigenvalue weighted by Crippen LogP contribution is -2.43. The predicted octanol–water partition coefficient (Wildman–Crippen LogP) is 0.179. The molecule has 0 aliphatic carbocycles. The molecule has 2 N–H and O–H groups in total. The SMILES string of the molecule is C=COCCCNC(=O)C1CCC(=O)NC1. The highest BCUT2D eigenvalue weighted by molar-refractivity contribution is 5.83. The molecule has 0 spiro atoms. The van der Waals surface area contributed by atoms with E-state index in [1.54, 1.807) is 0 Å². The zero-order valence-corrected chi connectivity index (χ0v) is 9.33. The first kappa shape index (κ1) is 12.5. The van der Waals surface area contributed by atoms with Crippen LogP contribution in [-0.2, 0) is 14.3 Å². The number of ether oxygens (including phenoxy) is 1. The molecule has 16 heavy (non-hydrogen) atoms. The average molecular weight is 226 g/mol. The van der Waals surface area contributed by atoms with Crippen molar-refractivity contribution < 1.29 is 14.3 Å². The van der Waals surface area contributed by atoms with Gasteiger partial charge in [-0.15, -0.1) is 0 Å². The van der Waals surface area contributed by atoms with Crippen molar-refractivity contribution in [3.8, 4) is 0 Å². The fourth-order valence-electron chi connectivity index (χ4n) is 1.55.